The maximum Gasteiger partial charge on any atom is 0.433 e. The van der Waals surface area contributed by atoms with Gasteiger partial charge in [-0.15, -0.1) is 10.2 Å². The molecule has 4 aliphatic rings. The number of carbonyl (C=O) groups excluding carboxylic acids is 2. The number of nitrogens with zero attached hydrogens (tertiary/aromatic N) is 11. The van der Waals surface area contributed by atoms with Gasteiger partial charge in [-0.05, 0) is 111 Å². The number of aromatic nitrogens is 8. The van der Waals surface area contributed by atoms with Crippen molar-refractivity contribution < 1.29 is 40.7 Å². The van der Waals surface area contributed by atoms with Gasteiger partial charge in [-0.25, -0.2) is 19.6 Å². The standard InChI is InChI=1S/C21H18F3N7O.C16H15F3N4.C11H9N3O2/c22-21(23,24)17-11-13(7-9-25-17)15-5-6-16-19(27-15)31(14-3-2-10-30(16)12-14)20(32)28-18-4-1-8-26-29-18;17-16(18,19)14-8-10(5-6-20-14)12-3-4-13-15(22-12)21-11-2-1-7-23(13)9-11;15-11(13-10-7-4-8-12-14-10)16-9-5-2-1-3-6-9/h1,4-9,11,14H,2-3,10,12H2,(H,28,29,32);3-6,8,11H,1-2,7,9H2,(H,21,22);1-8H,(H,13,14,15)/t14-;11-;/m00./s1. The van der Waals surface area contributed by atoms with E-state index < -0.39 is 35.9 Å². The molecule has 0 spiro atoms. The monoisotopic (exact) mass is 976 g/mol. The Balaban J connectivity index is 0.000000140. The summed E-state index contributed by atoms with van der Waals surface area (Å²) >= 11 is 0. The summed E-state index contributed by atoms with van der Waals surface area (Å²) in [6.07, 6.45) is -0.360. The number of fused-ring (bicyclic) bond motifs is 8. The van der Waals surface area contributed by atoms with Crippen molar-refractivity contribution in [3.8, 4) is 28.3 Å². The Morgan fingerprint density at radius 1 is 0.634 bits per heavy atom. The number of alkyl halides is 6. The Morgan fingerprint density at radius 3 is 1.85 bits per heavy atom. The number of benzene rings is 1. The molecule has 3 N–H and O–H groups in total. The molecule has 0 radical (unpaired) electrons. The van der Waals surface area contributed by atoms with E-state index in [9.17, 15) is 35.9 Å². The molecule has 364 valence electrons. The fourth-order valence-corrected chi connectivity index (χ4v) is 8.45. The number of amides is 3. The average Bonchev–Trinajstić information content (AvgIpc) is 3.37. The first-order valence-electron chi connectivity index (χ1n) is 22.3. The molecule has 23 heteroatoms. The molecular formula is C48H42F6N14O3. The van der Waals surface area contributed by atoms with E-state index in [2.05, 4.69) is 66.1 Å². The summed E-state index contributed by atoms with van der Waals surface area (Å²) in [6, 6.07) is 27.4. The van der Waals surface area contributed by atoms with Crippen LogP contribution in [0.4, 0.5) is 70.6 Å². The SMILES string of the molecule is FC(F)(F)c1cc(-c2ccc3c(n2)N[C@H]2CCCN3C2)ccn1.O=C(Nc1cccnn1)N1c2nc(-c3ccnc(C(F)(F)F)c3)ccc2N2CCC[C@H]1C2.O=C(Nc1cccnn1)Oc1ccccc1. The van der Waals surface area contributed by atoms with Gasteiger partial charge in [-0.1, -0.05) is 18.2 Å². The number of piperidine rings is 2. The Bertz CT molecular complexity index is 2930. The van der Waals surface area contributed by atoms with Crippen molar-refractivity contribution in [3.63, 3.8) is 0 Å². The Labute approximate surface area is 401 Å². The minimum Gasteiger partial charge on any atom is -0.410 e. The summed E-state index contributed by atoms with van der Waals surface area (Å²) < 4.78 is 82.8. The minimum absolute atomic E-state index is 0.112. The van der Waals surface area contributed by atoms with E-state index in [1.165, 1.54) is 24.7 Å². The van der Waals surface area contributed by atoms with Gasteiger partial charge < -0.3 is 19.9 Å². The van der Waals surface area contributed by atoms with Crippen molar-refractivity contribution in [1.29, 1.82) is 0 Å². The molecule has 11 rings (SSSR count). The maximum atomic E-state index is 13.2. The van der Waals surface area contributed by atoms with Gasteiger partial charge in [0, 0.05) is 68.1 Å². The van der Waals surface area contributed by atoms with E-state index in [1.54, 1.807) is 77.7 Å². The molecule has 17 nitrogen and oxygen atoms in total. The summed E-state index contributed by atoms with van der Waals surface area (Å²) in [5.41, 5.74) is 1.44. The van der Waals surface area contributed by atoms with Crippen molar-refractivity contribution in [3.05, 3.63) is 139 Å². The second kappa shape index (κ2) is 20.6. The van der Waals surface area contributed by atoms with Crippen molar-refractivity contribution in [2.75, 3.05) is 56.8 Å². The summed E-state index contributed by atoms with van der Waals surface area (Å²) in [5.74, 6) is 2.29. The molecule has 10 heterocycles. The molecule has 6 aromatic heterocycles. The zero-order valence-electron chi connectivity index (χ0n) is 37.3. The molecule has 4 aliphatic heterocycles. The van der Waals surface area contributed by atoms with Gasteiger partial charge in [0.15, 0.2) is 23.3 Å². The van der Waals surface area contributed by atoms with Crippen LogP contribution in [0.2, 0.25) is 0 Å². The van der Waals surface area contributed by atoms with Gasteiger partial charge in [-0.2, -0.15) is 36.5 Å². The third-order valence-corrected chi connectivity index (χ3v) is 11.6. The Hall–Kier alpha value is -8.50. The van der Waals surface area contributed by atoms with E-state index in [1.807, 2.05) is 12.1 Å². The van der Waals surface area contributed by atoms with Gasteiger partial charge in [0.2, 0.25) is 0 Å². The van der Waals surface area contributed by atoms with Crippen molar-refractivity contribution >= 4 is 46.8 Å². The highest BCUT2D eigenvalue weighted by Gasteiger charge is 2.39. The van der Waals surface area contributed by atoms with E-state index >= 15 is 0 Å². The van der Waals surface area contributed by atoms with Crippen LogP contribution in [-0.4, -0.2) is 90.7 Å². The van der Waals surface area contributed by atoms with Crippen LogP contribution in [0.3, 0.4) is 0 Å². The lowest BCUT2D eigenvalue weighted by Gasteiger charge is -2.45. The van der Waals surface area contributed by atoms with Crippen molar-refractivity contribution in [1.82, 2.24) is 40.3 Å². The normalized spacial score (nSPS) is 16.6. The lowest BCUT2D eigenvalue weighted by Crippen LogP contribution is -2.56. The number of para-hydroxylation sites is 1. The lowest BCUT2D eigenvalue weighted by atomic mass is 9.99. The number of rotatable bonds is 5. The first-order chi connectivity index (χ1) is 34.2. The Kier molecular flexibility index (Phi) is 13.8. The zero-order chi connectivity index (χ0) is 49.5. The van der Waals surface area contributed by atoms with E-state index in [-0.39, 0.29) is 11.6 Å². The molecule has 2 fully saturated rings. The molecular weight excluding hydrogens is 935 g/mol. The molecule has 4 bridgehead atoms. The van der Waals surface area contributed by atoms with Gasteiger partial charge in [0.1, 0.15) is 17.1 Å². The third-order valence-electron chi connectivity index (χ3n) is 11.6. The summed E-state index contributed by atoms with van der Waals surface area (Å²) in [7, 11) is 0. The number of ether oxygens (including phenoxy) is 1. The minimum atomic E-state index is -4.56. The molecule has 7 aromatic rings. The second-order valence-electron chi connectivity index (χ2n) is 16.5. The number of urea groups is 1. The zero-order valence-corrected chi connectivity index (χ0v) is 37.3. The number of halogens is 6. The number of anilines is 6. The average molecular weight is 977 g/mol. The highest BCUT2D eigenvalue weighted by atomic mass is 19.4. The maximum absolute atomic E-state index is 13.2. The van der Waals surface area contributed by atoms with Gasteiger partial charge in [0.25, 0.3) is 0 Å². The lowest BCUT2D eigenvalue weighted by molar-refractivity contribution is -0.141. The summed E-state index contributed by atoms with van der Waals surface area (Å²) in [5, 5.41) is 23.6. The van der Waals surface area contributed by atoms with Gasteiger partial charge in [-0.3, -0.25) is 25.5 Å². The number of hydrogen-bond donors (Lipinski definition) is 3. The first-order valence-corrected chi connectivity index (χ1v) is 22.3. The third kappa shape index (κ3) is 11.5. The van der Waals surface area contributed by atoms with Crippen LogP contribution in [0, 0.1) is 0 Å². The summed E-state index contributed by atoms with van der Waals surface area (Å²) in [4.78, 5) is 46.6. The van der Waals surface area contributed by atoms with Gasteiger partial charge in [0.05, 0.1) is 28.8 Å². The molecule has 0 unspecified atom stereocenters. The largest absolute Gasteiger partial charge is 0.433 e. The van der Waals surface area contributed by atoms with Crippen LogP contribution in [0.1, 0.15) is 37.1 Å². The molecule has 3 amide bonds. The predicted molar refractivity (Wildman–Crippen MR) is 251 cm³/mol. The van der Waals surface area contributed by atoms with E-state index in [0.717, 1.165) is 80.8 Å². The van der Waals surface area contributed by atoms with E-state index in [4.69, 9.17) is 4.74 Å². The number of carbonyl (C=O) groups is 2. The van der Waals surface area contributed by atoms with Gasteiger partial charge >= 0.3 is 24.5 Å². The number of nitrogens with one attached hydrogen (secondary N) is 3. The molecule has 0 saturated carbocycles. The topological polar surface area (TPSA) is 192 Å². The predicted octanol–water partition coefficient (Wildman–Crippen LogP) is 9.62. The number of hydrogen-bond acceptors (Lipinski definition) is 14. The molecule has 2 saturated heterocycles. The van der Waals surface area contributed by atoms with E-state index in [0.29, 0.717) is 52.7 Å². The molecule has 71 heavy (non-hydrogen) atoms. The van der Waals surface area contributed by atoms with Crippen LogP contribution in [0.25, 0.3) is 22.5 Å². The van der Waals surface area contributed by atoms with Crippen LogP contribution >= 0.6 is 0 Å². The fraction of sp³-hybridized carbons (Fsp3) is 0.250. The smallest absolute Gasteiger partial charge is 0.410 e. The van der Waals surface area contributed by atoms with Crippen LogP contribution < -0.4 is 35.4 Å². The second-order valence-corrected chi connectivity index (χ2v) is 16.5. The first kappa shape index (κ1) is 47.6. The highest BCUT2D eigenvalue weighted by molar-refractivity contribution is 6.04. The van der Waals surface area contributed by atoms with Crippen LogP contribution in [0.15, 0.2) is 128 Å². The molecule has 2 atom stereocenters. The number of pyridine rings is 4. The van der Waals surface area contributed by atoms with Crippen LogP contribution in [0.5, 0.6) is 5.75 Å². The summed E-state index contributed by atoms with van der Waals surface area (Å²) in [6.45, 7) is 3.45. The van der Waals surface area contributed by atoms with Crippen molar-refractivity contribution in [2.24, 2.45) is 0 Å². The quantitative estimate of drug-likeness (QED) is 0.138. The fourth-order valence-electron chi connectivity index (χ4n) is 8.45. The Morgan fingerprint density at radius 2 is 1.23 bits per heavy atom. The van der Waals surface area contributed by atoms with Crippen molar-refractivity contribution in [2.45, 2.75) is 50.1 Å². The highest BCUT2D eigenvalue weighted by Crippen LogP contribution is 2.41. The molecule has 1 aromatic carbocycles. The molecule has 0 aliphatic carbocycles. The van der Waals surface area contributed by atoms with Crippen LogP contribution in [-0.2, 0) is 12.4 Å².